The summed E-state index contributed by atoms with van der Waals surface area (Å²) in [5.41, 5.74) is 6.91. The average Bonchev–Trinajstić information content (AvgIpc) is 4.22. The quantitative estimate of drug-likeness (QED) is 0.151. The predicted molar refractivity (Wildman–Crippen MR) is 272 cm³/mol. The summed E-state index contributed by atoms with van der Waals surface area (Å²) >= 11 is 0. The zero-order chi connectivity index (χ0) is 54.4. The molecule has 10 aromatic rings. The fourth-order valence-corrected chi connectivity index (χ4v) is 8.92. The fourth-order valence-electron chi connectivity index (χ4n) is 8.92. The van der Waals surface area contributed by atoms with Gasteiger partial charge in [-0.25, -0.2) is 4.98 Å². The van der Waals surface area contributed by atoms with E-state index in [0.29, 0.717) is 56.6 Å². The second kappa shape index (κ2) is 16.6. The molecule has 0 atom stereocenters. The molecule has 8 aromatic carbocycles. The Morgan fingerprint density at radius 2 is 1.30 bits per heavy atom. The first-order valence-corrected chi connectivity index (χ1v) is 21.6. The fraction of sp³-hybridized carbons (Fsp3) is 0.0833. The summed E-state index contributed by atoms with van der Waals surface area (Å²) in [7, 11) is 0. The molecule has 0 spiro atoms. The molecule has 3 heterocycles. The number of nitriles is 2. The maximum Gasteiger partial charge on any atom is 0.137 e. The van der Waals surface area contributed by atoms with Gasteiger partial charge < -0.3 is 14.5 Å². The van der Waals surface area contributed by atoms with Crippen LogP contribution in [0.2, 0.25) is 0 Å². The van der Waals surface area contributed by atoms with Crippen LogP contribution in [-0.2, 0) is 5.41 Å². The number of benzene rings is 8. The lowest BCUT2D eigenvalue weighted by atomic mass is 9.88. The van der Waals surface area contributed by atoms with Crippen molar-refractivity contribution in [3.8, 4) is 62.8 Å². The Labute approximate surface area is 404 Å². The summed E-state index contributed by atoms with van der Waals surface area (Å²) < 4.78 is 97.2. The van der Waals surface area contributed by atoms with Gasteiger partial charge >= 0.3 is 0 Å². The molecule has 0 amide bonds. The molecule has 0 radical (unpaired) electrons. The molecule has 0 N–H and O–H groups in total. The third-order valence-corrected chi connectivity index (χ3v) is 12.1. The molecule has 0 bridgehead atoms. The lowest BCUT2D eigenvalue weighted by Gasteiger charge is -2.27. The molecule has 7 heteroatoms. The summed E-state index contributed by atoms with van der Waals surface area (Å²) in [6.07, 6.45) is 1.80. The van der Waals surface area contributed by atoms with Gasteiger partial charge in [0.05, 0.1) is 65.1 Å². The zero-order valence-electron chi connectivity index (χ0n) is 46.6. The first-order valence-electron chi connectivity index (χ1n) is 26.6. The summed E-state index contributed by atoms with van der Waals surface area (Å²) in [6.45, 7) is 6.44. The van der Waals surface area contributed by atoms with Gasteiger partial charge in [0, 0.05) is 45.9 Å². The number of anilines is 4. The summed E-state index contributed by atoms with van der Waals surface area (Å²) in [6, 6.07) is 39.6. The topological polar surface area (TPSA) is 81.1 Å². The highest BCUT2D eigenvalue weighted by atomic mass is 16.5. The number of para-hydroxylation sites is 1. The summed E-state index contributed by atoms with van der Waals surface area (Å²) in [4.78, 5) is 8.66. The Morgan fingerprint density at radius 3 is 2.03 bits per heavy atom. The van der Waals surface area contributed by atoms with Crippen molar-refractivity contribution in [1.82, 2.24) is 9.55 Å². The van der Waals surface area contributed by atoms with E-state index in [4.69, 9.17) is 17.9 Å². The molecule has 67 heavy (non-hydrogen) atoms. The highest BCUT2D eigenvalue weighted by Gasteiger charge is 2.32. The largest absolute Gasteiger partial charge is 0.457 e. The van der Waals surface area contributed by atoms with Gasteiger partial charge in [-0.3, -0.25) is 4.57 Å². The second-order valence-electron chi connectivity index (χ2n) is 17.2. The molecule has 0 aliphatic carbocycles. The number of pyridine rings is 1. The van der Waals surface area contributed by atoms with Crippen molar-refractivity contribution in [3.63, 3.8) is 0 Å². The highest BCUT2D eigenvalue weighted by molar-refractivity contribution is 6.10. The van der Waals surface area contributed by atoms with Crippen molar-refractivity contribution in [2.75, 3.05) is 16.5 Å². The number of nitrogens with zero attached hydrogens (tertiary/aromatic N) is 6. The first-order chi connectivity index (χ1) is 36.9. The molecule has 0 saturated heterocycles. The molecule has 0 fully saturated rings. The van der Waals surface area contributed by atoms with Crippen LogP contribution < -0.4 is 14.5 Å². The van der Waals surface area contributed by atoms with Gasteiger partial charge in [-0.1, -0.05) is 130 Å². The van der Waals surface area contributed by atoms with E-state index < -0.39 is 60.4 Å². The Hall–Kier alpha value is -8.91. The van der Waals surface area contributed by atoms with Crippen molar-refractivity contribution in [2.45, 2.75) is 26.2 Å². The Balaban J connectivity index is 1.09. The number of fused-ring (bicyclic) bond motifs is 4. The highest BCUT2D eigenvalue weighted by Crippen LogP contribution is 2.51. The minimum atomic E-state index is -0.591. The van der Waals surface area contributed by atoms with Crippen LogP contribution in [0.1, 0.15) is 51.2 Å². The van der Waals surface area contributed by atoms with Crippen LogP contribution in [0.25, 0.3) is 61.0 Å². The van der Waals surface area contributed by atoms with Crippen LogP contribution in [0.3, 0.4) is 0 Å². The van der Waals surface area contributed by atoms with E-state index in [-0.39, 0.29) is 40.0 Å². The smallest absolute Gasteiger partial charge is 0.137 e. The molecular weight excluding hydrogens is 821 g/mol. The van der Waals surface area contributed by atoms with Crippen LogP contribution in [0.5, 0.6) is 11.5 Å². The molecule has 2 aromatic heterocycles. The van der Waals surface area contributed by atoms with E-state index in [1.807, 2.05) is 101 Å². The maximum atomic E-state index is 10.2. The van der Waals surface area contributed by atoms with E-state index in [1.165, 1.54) is 0 Å². The normalized spacial score (nSPS) is 14.3. The van der Waals surface area contributed by atoms with Gasteiger partial charge in [-0.2, -0.15) is 10.5 Å². The van der Waals surface area contributed by atoms with Gasteiger partial charge in [-0.05, 0) is 106 Å². The molecule has 1 aliphatic heterocycles. The van der Waals surface area contributed by atoms with E-state index in [1.54, 1.807) is 42.6 Å². The van der Waals surface area contributed by atoms with Crippen molar-refractivity contribution >= 4 is 44.6 Å². The summed E-state index contributed by atoms with van der Waals surface area (Å²) in [5, 5.41) is 21.9. The van der Waals surface area contributed by atoms with Crippen LogP contribution >= 0.6 is 0 Å². The van der Waals surface area contributed by atoms with Gasteiger partial charge in [0.25, 0.3) is 0 Å². The SMILES string of the molecule is [2H]c1c([2H])c([2H])c(-c2cccc(-c3c([2H])c([2H])c([2H])c([2H])c3[2H])c2N2CN(c3cccc(Oc4ccc5c6cc(C#N)ccc6n(-c6cc(C(C)(C)C)ccn6)c5c4)c3)c3ccc(-c4ccccc4C#N)cc32)c([2H])c1[2H]. The Bertz CT molecular complexity index is 4090. The van der Waals surface area contributed by atoms with E-state index in [0.717, 1.165) is 27.4 Å². The number of ether oxygens (including phenoxy) is 1. The van der Waals surface area contributed by atoms with Gasteiger partial charge in [0.15, 0.2) is 0 Å². The van der Waals surface area contributed by atoms with Crippen molar-refractivity contribution < 1.29 is 18.4 Å². The van der Waals surface area contributed by atoms with E-state index >= 15 is 0 Å². The monoisotopic (exact) mass is 874 g/mol. The number of rotatable bonds is 8. The van der Waals surface area contributed by atoms with Crippen LogP contribution in [0.4, 0.5) is 22.7 Å². The van der Waals surface area contributed by atoms with Crippen molar-refractivity contribution in [1.29, 1.82) is 10.5 Å². The minimum absolute atomic E-state index is 0.000840. The first kappa shape index (κ1) is 31.0. The lowest BCUT2D eigenvalue weighted by molar-refractivity contribution is 0.483. The third-order valence-electron chi connectivity index (χ3n) is 12.1. The molecular formula is C60H44N6O. The predicted octanol–water partition coefficient (Wildman–Crippen LogP) is 15.3. The average molecular weight is 875 g/mol. The number of aromatic nitrogens is 2. The molecule has 0 unspecified atom stereocenters. The lowest BCUT2D eigenvalue weighted by Crippen LogP contribution is -2.25. The minimum Gasteiger partial charge on any atom is -0.457 e. The zero-order valence-corrected chi connectivity index (χ0v) is 36.6. The molecule has 7 nitrogen and oxygen atoms in total. The van der Waals surface area contributed by atoms with Crippen molar-refractivity contribution in [2.24, 2.45) is 0 Å². The van der Waals surface area contributed by atoms with E-state index in [9.17, 15) is 16.0 Å². The third kappa shape index (κ3) is 7.39. The Kier molecular flexibility index (Phi) is 7.68. The van der Waals surface area contributed by atoms with Gasteiger partial charge in [-0.15, -0.1) is 0 Å². The standard InChI is InChI=1S/C60H44N6O/c1-60(2,3)45-30-31-63-58(34-45)66-54-28-24-40(37-61)32-53(54)52-27-26-48(36-56(52)66)67-47-20-12-19-46(35-47)64-39-65(57-33-43(25-29-55(57)64)49-21-11-10-18-44(49)38-62)59-50(41-14-6-4-7-15-41)22-13-23-51(59)42-16-8-5-9-17-42/h4-36H,39H2,1-3H3/i4D,5D,6D,7D,8D,9D,14D,15D,16D,17D. The Morgan fingerprint density at radius 1 is 0.582 bits per heavy atom. The van der Waals surface area contributed by atoms with E-state index in [2.05, 4.69) is 43.5 Å². The van der Waals surface area contributed by atoms with Gasteiger partial charge in [0.1, 0.15) is 24.0 Å². The molecule has 0 saturated carbocycles. The van der Waals surface area contributed by atoms with Crippen molar-refractivity contribution in [3.05, 3.63) is 217 Å². The second-order valence-corrected chi connectivity index (χ2v) is 17.2. The molecule has 11 rings (SSSR count). The van der Waals surface area contributed by atoms with Crippen LogP contribution in [0, 0.1) is 22.7 Å². The molecule has 1 aliphatic rings. The number of hydrogen-bond donors (Lipinski definition) is 0. The van der Waals surface area contributed by atoms with Crippen LogP contribution in [-0.4, -0.2) is 16.2 Å². The summed E-state index contributed by atoms with van der Waals surface area (Å²) in [5.74, 6) is 1.70. The van der Waals surface area contributed by atoms with Gasteiger partial charge in [0.2, 0.25) is 0 Å². The number of hydrogen-bond acceptors (Lipinski definition) is 6. The maximum absolute atomic E-state index is 10.2. The van der Waals surface area contributed by atoms with Crippen LogP contribution in [0.15, 0.2) is 200 Å². The molecule has 320 valence electrons.